The van der Waals surface area contributed by atoms with Crippen molar-refractivity contribution in [3.05, 3.63) is 94.8 Å². The standard InChI is InChI=1S/C24H17FN6O3/c1-34-18-4-2-3-16(13-18)22-27-20-19(14-5-7-17(25)8-6-14)28-29-21(20)24(33)31(22)30-23(32)15-9-11-26-12-10-15/h2-13H,1H3,(H,28,29)(H,30,32). The number of carbonyl (C=O) groups is 1. The maximum Gasteiger partial charge on any atom is 0.298 e. The number of amides is 1. The van der Waals surface area contributed by atoms with Crippen LogP contribution in [-0.2, 0) is 0 Å². The maximum atomic E-state index is 13.5. The number of nitrogens with zero attached hydrogens (tertiary/aromatic N) is 4. The number of aromatic amines is 1. The molecule has 2 N–H and O–H groups in total. The molecule has 0 radical (unpaired) electrons. The summed E-state index contributed by atoms with van der Waals surface area (Å²) in [5.74, 6) is -0.198. The van der Waals surface area contributed by atoms with Gasteiger partial charge in [0, 0.05) is 29.1 Å². The third kappa shape index (κ3) is 3.77. The third-order valence-electron chi connectivity index (χ3n) is 5.19. The number of nitrogens with one attached hydrogen (secondary N) is 2. The summed E-state index contributed by atoms with van der Waals surface area (Å²) < 4.78 is 19.8. The highest BCUT2D eigenvalue weighted by atomic mass is 19.1. The van der Waals surface area contributed by atoms with Crippen molar-refractivity contribution in [2.45, 2.75) is 0 Å². The lowest BCUT2D eigenvalue weighted by molar-refractivity contribution is 0.101. The van der Waals surface area contributed by atoms with Gasteiger partial charge in [0.15, 0.2) is 11.3 Å². The molecule has 34 heavy (non-hydrogen) atoms. The van der Waals surface area contributed by atoms with Gasteiger partial charge in [-0.2, -0.15) is 9.77 Å². The lowest BCUT2D eigenvalue weighted by Gasteiger charge is -2.14. The molecule has 5 rings (SSSR count). The van der Waals surface area contributed by atoms with Crippen molar-refractivity contribution in [1.29, 1.82) is 0 Å². The topological polar surface area (TPSA) is 115 Å². The Balaban J connectivity index is 1.72. The van der Waals surface area contributed by atoms with Crippen LogP contribution in [0.1, 0.15) is 10.4 Å². The second-order valence-corrected chi connectivity index (χ2v) is 7.29. The molecule has 0 unspecified atom stereocenters. The Hall–Kier alpha value is -4.86. The number of fused-ring (bicyclic) bond motifs is 1. The average Bonchev–Trinajstić information content (AvgIpc) is 3.31. The van der Waals surface area contributed by atoms with Crippen molar-refractivity contribution < 1.29 is 13.9 Å². The predicted octanol–water partition coefficient (Wildman–Crippen LogP) is 3.38. The Kier molecular flexibility index (Phi) is 5.30. The van der Waals surface area contributed by atoms with Crippen LogP contribution in [0.3, 0.4) is 0 Å². The fraction of sp³-hybridized carbons (Fsp3) is 0.0417. The number of aromatic nitrogens is 5. The first kappa shape index (κ1) is 21.0. The number of hydrogen-bond donors (Lipinski definition) is 2. The Morgan fingerprint density at radius 2 is 1.82 bits per heavy atom. The largest absolute Gasteiger partial charge is 0.497 e. The molecule has 0 bridgehead atoms. The van der Waals surface area contributed by atoms with Gasteiger partial charge in [-0.15, -0.1) is 0 Å². The van der Waals surface area contributed by atoms with E-state index in [4.69, 9.17) is 4.74 Å². The summed E-state index contributed by atoms with van der Waals surface area (Å²) in [6.45, 7) is 0. The minimum absolute atomic E-state index is 0.0843. The molecule has 9 nitrogen and oxygen atoms in total. The minimum atomic E-state index is -0.564. The van der Waals surface area contributed by atoms with Crippen LogP contribution in [-0.4, -0.2) is 37.9 Å². The van der Waals surface area contributed by atoms with Crippen LogP contribution in [0, 0.1) is 5.82 Å². The van der Waals surface area contributed by atoms with Crippen molar-refractivity contribution in [2.24, 2.45) is 0 Å². The zero-order valence-electron chi connectivity index (χ0n) is 17.8. The fourth-order valence-electron chi connectivity index (χ4n) is 3.50. The SMILES string of the molecule is COc1cccc(-c2nc3c(-c4ccc(F)cc4)n[nH]c3c(=O)n2NC(=O)c2ccncc2)c1. The molecule has 0 fully saturated rings. The van der Waals surface area contributed by atoms with Gasteiger partial charge in [0.1, 0.15) is 22.8 Å². The van der Waals surface area contributed by atoms with Crippen molar-refractivity contribution in [2.75, 3.05) is 12.5 Å². The molecule has 3 aromatic heterocycles. The molecule has 0 spiro atoms. The van der Waals surface area contributed by atoms with E-state index in [1.54, 1.807) is 36.4 Å². The first-order valence-corrected chi connectivity index (χ1v) is 10.2. The van der Waals surface area contributed by atoms with Crippen molar-refractivity contribution in [3.63, 3.8) is 0 Å². The Morgan fingerprint density at radius 3 is 2.56 bits per heavy atom. The third-order valence-corrected chi connectivity index (χ3v) is 5.19. The molecule has 3 heterocycles. The van der Waals surface area contributed by atoms with Gasteiger partial charge in [-0.3, -0.25) is 25.1 Å². The predicted molar refractivity (Wildman–Crippen MR) is 123 cm³/mol. The van der Waals surface area contributed by atoms with Gasteiger partial charge in [0.25, 0.3) is 11.5 Å². The number of carbonyl (C=O) groups excluding carboxylic acids is 1. The monoisotopic (exact) mass is 456 g/mol. The molecular weight excluding hydrogens is 439 g/mol. The second-order valence-electron chi connectivity index (χ2n) is 7.29. The number of benzene rings is 2. The van der Waals surface area contributed by atoms with E-state index < -0.39 is 17.3 Å². The molecule has 0 aliphatic rings. The van der Waals surface area contributed by atoms with Crippen LogP contribution in [0.2, 0.25) is 0 Å². The number of hydrogen-bond acceptors (Lipinski definition) is 6. The van der Waals surface area contributed by atoms with E-state index in [0.29, 0.717) is 28.1 Å². The zero-order chi connectivity index (χ0) is 23.7. The van der Waals surface area contributed by atoms with Crippen LogP contribution in [0.25, 0.3) is 33.7 Å². The van der Waals surface area contributed by atoms with E-state index in [-0.39, 0.29) is 16.9 Å². The first-order valence-electron chi connectivity index (χ1n) is 10.2. The van der Waals surface area contributed by atoms with Crippen LogP contribution >= 0.6 is 0 Å². The maximum absolute atomic E-state index is 13.5. The molecule has 5 aromatic rings. The van der Waals surface area contributed by atoms with Gasteiger partial charge in [0.2, 0.25) is 0 Å². The van der Waals surface area contributed by atoms with E-state index in [9.17, 15) is 14.0 Å². The first-order chi connectivity index (χ1) is 16.5. The highest BCUT2D eigenvalue weighted by Crippen LogP contribution is 2.27. The summed E-state index contributed by atoms with van der Waals surface area (Å²) in [6.07, 6.45) is 2.96. The minimum Gasteiger partial charge on any atom is -0.497 e. The Bertz CT molecular complexity index is 1560. The number of H-pyrrole nitrogens is 1. The molecule has 168 valence electrons. The molecule has 0 saturated heterocycles. The second kappa shape index (κ2) is 8.58. The number of methoxy groups -OCH3 is 1. The van der Waals surface area contributed by atoms with Crippen LogP contribution < -0.4 is 15.7 Å². The molecule has 0 saturated carbocycles. The fourth-order valence-corrected chi connectivity index (χ4v) is 3.50. The number of pyridine rings is 1. The van der Waals surface area contributed by atoms with Gasteiger partial charge in [-0.25, -0.2) is 9.37 Å². The van der Waals surface area contributed by atoms with Crippen molar-refractivity contribution in [3.8, 4) is 28.4 Å². The molecule has 0 aliphatic heterocycles. The molecule has 10 heteroatoms. The molecule has 0 atom stereocenters. The summed E-state index contributed by atoms with van der Waals surface area (Å²) in [5.41, 5.74) is 4.22. The highest BCUT2D eigenvalue weighted by Gasteiger charge is 2.21. The van der Waals surface area contributed by atoms with Gasteiger partial charge < -0.3 is 4.74 Å². The Morgan fingerprint density at radius 1 is 1.06 bits per heavy atom. The highest BCUT2D eigenvalue weighted by molar-refractivity contribution is 6.00. The van der Waals surface area contributed by atoms with E-state index in [2.05, 4.69) is 25.6 Å². The van der Waals surface area contributed by atoms with Crippen LogP contribution in [0.15, 0.2) is 77.9 Å². The molecule has 2 aromatic carbocycles. The average molecular weight is 456 g/mol. The summed E-state index contributed by atoms with van der Waals surface area (Å²) in [7, 11) is 1.52. The molecular formula is C24H17FN6O3. The van der Waals surface area contributed by atoms with Gasteiger partial charge in [-0.05, 0) is 48.5 Å². The van der Waals surface area contributed by atoms with Crippen molar-refractivity contribution >= 4 is 16.9 Å². The molecule has 0 aliphatic carbocycles. The summed E-state index contributed by atoms with van der Waals surface area (Å²) in [6, 6.07) is 15.7. The van der Waals surface area contributed by atoms with Gasteiger partial charge in [0.05, 0.1) is 7.11 Å². The van der Waals surface area contributed by atoms with Crippen molar-refractivity contribution in [1.82, 2.24) is 24.8 Å². The lowest BCUT2D eigenvalue weighted by Crippen LogP contribution is -2.35. The normalized spacial score (nSPS) is 10.9. The quantitative estimate of drug-likeness (QED) is 0.419. The van der Waals surface area contributed by atoms with E-state index in [1.165, 1.54) is 43.8 Å². The summed E-state index contributed by atoms with van der Waals surface area (Å²) >= 11 is 0. The van der Waals surface area contributed by atoms with E-state index >= 15 is 0 Å². The summed E-state index contributed by atoms with van der Waals surface area (Å²) in [4.78, 5) is 34.9. The lowest BCUT2D eigenvalue weighted by atomic mass is 10.1. The Labute approximate surface area is 191 Å². The zero-order valence-corrected chi connectivity index (χ0v) is 17.8. The van der Waals surface area contributed by atoms with Crippen LogP contribution in [0.4, 0.5) is 4.39 Å². The number of ether oxygens (including phenoxy) is 1. The van der Waals surface area contributed by atoms with E-state index in [0.717, 1.165) is 4.68 Å². The number of rotatable bonds is 5. The van der Waals surface area contributed by atoms with Gasteiger partial charge in [-0.1, -0.05) is 12.1 Å². The van der Waals surface area contributed by atoms with Gasteiger partial charge >= 0.3 is 0 Å². The summed E-state index contributed by atoms with van der Waals surface area (Å²) in [5, 5.41) is 6.93. The van der Waals surface area contributed by atoms with E-state index in [1.807, 2.05) is 0 Å². The smallest absolute Gasteiger partial charge is 0.298 e. The number of halogens is 1. The molecule has 1 amide bonds. The van der Waals surface area contributed by atoms with Crippen LogP contribution in [0.5, 0.6) is 5.75 Å².